The summed E-state index contributed by atoms with van der Waals surface area (Å²) in [5.74, 6) is -2.64. The minimum atomic E-state index is -1.52. The van der Waals surface area contributed by atoms with Gasteiger partial charge in [-0.15, -0.1) is 0 Å². The molecule has 0 aromatic heterocycles. The molecule has 1 heterocycles. The summed E-state index contributed by atoms with van der Waals surface area (Å²) >= 11 is 0. The number of morpholine rings is 1. The number of rotatable bonds is 5. The number of carbonyl (C=O) groups is 3. The highest BCUT2D eigenvalue weighted by molar-refractivity contribution is 6.41. The molecule has 2 N–H and O–H groups in total. The summed E-state index contributed by atoms with van der Waals surface area (Å²) in [7, 11) is 0. The summed E-state index contributed by atoms with van der Waals surface area (Å²) in [6.45, 7) is 2.11. The highest BCUT2D eigenvalue weighted by Gasteiger charge is 2.20. The van der Waals surface area contributed by atoms with Crippen molar-refractivity contribution in [3.63, 3.8) is 0 Å². The molecule has 1 aromatic carbocycles. The SMILES string of the molecule is O=C(O)C(=O)c1ccccc1NCC(=O)N1CCOCC1. The third-order valence-electron chi connectivity index (χ3n) is 3.16. The molecule has 0 radical (unpaired) electrons. The zero-order valence-electron chi connectivity index (χ0n) is 11.4. The van der Waals surface area contributed by atoms with E-state index in [1.807, 2.05) is 0 Å². The maximum absolute atomic E-state index is 12.0. The van der Waals surface area contributed by atoms with Crippen molar-refractivity contribution in [3.05, 3.63) is 29.8 Å². The fraction of sp³-hybridized carbons (Fsp3) is 0.357. The fourth-order valence-electron chi connectivity index (χ4n) is 2.05. The highest BCUT2D eigenvalue weighted by atomic mass is 16.5. The monoisotopic (exact) mass is 292 g/mol. The first-order valence-electron chi connectivity index (χ1n) is 6.55. The molecule has 1 aromatic rings. The van der Waals surface area contributed by atoms with Crippen molar-refractivity contribution in [3.8, 4) is 0 Å². The number of aliphatic carboxylic acids is 1. The largest absolute Gasteiger partial charge is 0.475 e. The smallest absolute Gasteiger partial charge is 0.377 e. The first-order valence-corrected chi connectivity index (χ1v) is 6.55. The number of amides is 1. The second kappa shape index (κ2) is 6.85. The summed E-state index contributed by atoms with van der Waals surface area (Å²) in [5, 5.41) is 11.6. The van der Waals surface area contributed by atoms with E-state index in [2.05, 4.69) is 5.32 Å². The van der Waals surface area contributed by atoms with Gasteiger partial charge in [-0.1, -0.05) is 12.1 Å². The fourth-order valence-corrected chi connectivity index (χ4v) is 2.05. The summed E-state index contributed by atoms with van der Waals surface area (Å²) in [5.41, 5.74) is 0.381. The number of ether oxygens (including phenoxy) is 1. The number of nitrogens with zero attached hydrogens (tertiary/aromatic N) is 1. The third kappa shape index (κ3) is 3.79. The average Bonchev–Trinajstić information content (AvgIpc) is 2.53. The molecule has 7 heteroatoms. The van der Waals surface area contributed by atoms with E-state index in [1.54, 1.807) is 23.1 Å². The van der Waals surface area contributed by atoms with Crippen molar-refractivity contribution < 1.29 is 24.2 Å². The molecule has 0 spiro atoms. The van der Waals surface area contributed by atoms with Crippen molar-refractivity contribution in [2.24, 2.45) is 0 Å². The van der Waals surface area contributed by atoms with Gasteiger partial charge in [0.25, 0.3) is 5.78 Å². The molecule has 0 bridgehead atoms. The minimum absolute atomic E-state index is 0.00388. The predicted octanol–water partition coefficient (Wildman–Crippen LogP) is 0.225. The quantitative estimate of drug-likeness (QED) is 0.595. The van der Waals surface area contributed by atoms with E-state index in [0.29, 0.717) is 32.0 Å². The number of carboxylic acid groups (broad SMARTS) is 1. The topological polar surface area (TPSA) is 95.9 Å². The Bertz CT molecular complexity index is 552. The summed E-state index contributed by atoms with van der Waals surface area (Å²) in [6, 6.07) is 6.23. The Morgan fingerprint density at radius 1 is 1.19 bits per heavy atom. The number of carboxylic acids is 1. The van der Waals surface area contributed by atoms with Crippen molar-refractivity contribution >= 4 is 23.3 Å². The van der Waals surface area contributed by atoms with Crippen LogP contribution in [-0.4, -0.2) is 60.5 Å². The normalized spacial score (nSPS) is 14.6. The van der Waals surface area contributed by atoms with Gasteiger partial charge in [0.1, 0.15) is 0 Å². The second-order valence-electron chi connectivity index (χ2n) is 4.53. The zero-order valence-corrected chi connectivity index (χ0v) is 11.4. The van der Waals surface area contributed by atoms with E-state index in [0.717, 1.165) is 0 Å². The van der Waals surface area contributed by atoms with Crippen LogP contribution < -0.4 is 5.32 Å². The molecular formula is C14H16N2O5. The first kappa shape index (κ1) is 15.0. The summed E-state index contributed by atoms with van der Waals surface area (Å²) in [6.07, 6.45) is 0. The predicted molar refractivity (Wildman–Crippen MR) is 74.3 cm³/mol. The Balaban J connectivity index is 2.01. The van der Waals surface area contributed by atoms with Crippen LogP contribution in [0.5, 0.6) is 0 Å². The van der Waals surface area contributed by atoms with Gasteiger partial charge < -0.3 is 20.1 Å². The second-order valence-corrected chi connectivity index (χ2v) is 4.53. The van der Waals surface area contributed by atoms with Crippen LogP contribution in [-0.2, 0) is 14.3 Å². The van der Waals surface area contributed by atoms with Crippen LogP contribution in [0.3, 0.4) is 0 Å². The minimum Gasteiger partial charge on any atom is -0.475 e. The Morgan fingerprint density at radius 3 is 2.52 bits per heavy atom. The van der Waals surface area contributed by atoms with Crippen LogP contribution in [0.25, 0.3) is 0 Å². The van der Waals surface area contributed by atoms with E-state index in [-0.39, 0.29) is 18.0 Å². The van der Waals surface area contributed by atoms with E-state index in [4.69, 9.17) is 9.84 Å². The van der Waals surface area contributed by atoms with Gasteiger partial charge in [0.2, 0.25) is 5.91 Å². The van der Waals surface area contributed by atoms with Crippen molar-refractivity contribution in [1.29, 1.82) is 0 Å². The number of hydrogen-bond acceptors (Lipinski definition) is 5. The summed E-state index contributed by atoms with van der Waals surface area (Å²) < 4.78 is 5.17. The van der Waals surface area contributed by atoms with Gasteiger partial charge in [0.15, 0.2) is 0 Å². The van der Waals surface area contributed by atoms with Gasteiger partial charge in [-0.25, -0.2) is 4.79 Å². The number of ketones is 1. The lowest BCUT2D eigenvalue weighted by atomic mass is 10.1. The van der Waals surface area contributed by atoms with Crippen LogP contribution in [0.2, 0.25) is 0 Å². The molecule has 1 aliphatic heterocycles. The number of benzene rings is 1. The number of carbonyl (C=O) groups excluding carboxylic acids is 2. The summed E-state index contributed by atoms with van der Waals surface area (Å²) in [4.78, 5) is 36.0. The van der Waals surface area contributed by atoms with E-state index >= 15 is 0 Å². The maximum atomic E-state index is 12.0. The molecule has 0 aliphatic carbocycles. The molecule has 0 unspecified atom stereocenters. The third-order valence-corrected chi connectivity index (χ3v) is 3.16. The van der Waals surface area contributed by atoms with E-state index in [9.17, 15) is 14.4 Å². The maximum Gasteiger partial charge on any atom is 0.377 e. The van der Waals surface area contributed by atoms with E-state index in [1.165, 1.54) is 6.07 Å². The lowest BCUT2D eigenvalue weighted by Crippen LogP contribution is -2.43. The standard InChI is InChI=1S/C14H16N2O5/c17-12(16-5-7-21-8-6-16)9-15-11-4-2-1-3-10(11)13(18)14(19)20/h1-4,15H,5-9H2,(H,19,20). The zero-order chi connectivity index (χ0) is 15.2. The molecule has 0 saturated carbocycles. The van der Waals surface area contributed by atoms with Gasteiger partial charge in [0, 0.05) is 18.8 Å². The van der Waals surface area contributed by atoms with Gasteiger partial charge in [0.05, 0.1) is 25.3 Å². The van der Waals surface area contributed by atoms with Crippen LogP contribution in [0.1, 0.15) is 10.4 Å². The highest BCUT2D eigenvalue weighted by Crippen LogP contribution is 2.15. The molecule has 0 atom stereocenters. The van der Waals surface area contributed by atoms with Gasteiger partial charge in [-0.2, -0.15) is 0 Å². The first-order chi connectivity index (χ1) is 10.1. The van der Waals surface area contributed by atoms with Crippen molar-refractivity contribution in [2.45, 2.75) is 0 Å². The van der Waals surface area contributed by atoms with Crippen LogP contribution >= 0.6 is 0 Å². The Hall–Kier alpha value is -2.41. The van der Waals surface area contributed by atoms with Crippen molar-refractivity contribution in [2.75, 3.05) is 38.2 Å². The van der Waals surface area contributed by atoms with Crippen LogP contribution in [0.4, 0.5) is 5.69 Å². The number of hydrogen-bond donors (Lipinski definition) is 2. The number of nitrogens with one attached hydrogen (secondary N) is 1. The Kier molecular flexibility index (Phi) is 4.89. The number of para-hydroxylation sites is 1. The van der Waals surface area contributed by atoms with Gasteiger partial charge >= 0.3 is 5.97 Å². The molecule has 1 saturated heterocycles. The number of Topliss-reactive ketones (excluding diaryl/α,β-unsaturated/α-hetero) is 1. The van der Waals surface area contributed by atoms with Gasteiger partial charge in [-0.05, 0) is 12.1 Å². The molecular weight excluding hydrogens is 276 g/mol. The van der Waals surface area contributed by atoms with Gasteiger partial charge in [-0.3, -0.25) is 9.59 Å². The van der Waals surface area contributed by atoms with Crippen molar-refractivity contribution in [1.82, 2.24) is 4.90 Å². The molecule has 1 aliphatic rings. The average molecular weight is 292 g/mol. The molecule has 1 amide bonds. The van der Waals surface area contributed by atoms with Crippen LogP contribution in [0.15, 0.2) is 24.3 Å². The van der Waals surface area contributed by atoms with Crippen LogP contribution in [0, 0.1) is 0 Å². The Labute approximate surface area is 121 Å². The molecule has 1 fully saturated rings. The lowest BCUT2D eigenvalue weighted by molar-refractivity contribution is -0.133. The molecule has 7 nitrogen and oxygen atoms in total. The molecule has 112 valence electrons. The molecule has 2 rings (SSSR count). The van der Waals surface area contributed by atoms with E-state index < -0.39 is 11.8 Å². The Morgan fingerprint density at radius 2 is 1.86 bits per heavy atom. The lowest BCUT2D eigenvalue weighted by Gasteiger charge is -2.27. The number of anilines is 1. The molecule has 21 heavy (non-hydrogen) atoms.